The van der Waals surface area contributed by atoms with Crippen LogP contribution < -0.4 is 0 Å². The fraction of sp³-hybridized carbons (Fsp3) is 0.600. The number of hydrogen-bond donors (Lipinski definition) is 1. The lowest BCUT2D eigenvalue weighted by molar-refractivity contribution is -0.137. The van der Waals surface area contributed by atoms with Gasteiger partial charge in [0.15, 0.2) is 0 Å². The van der Waals surface area contributed by atoms with E-state index >= 15 is 0 Å². The number of carbonyl (C=O) groups is 2. The molecule has 4 nitrogen and oxygen atoms in total. The van der Waals surface area contributed by atoms with Gasteiger partial charge in [0.2, 0.25) is 5.91 Å². The van der Waals surface area contributed by atoms with Crippen molar-refractivity contribution in [2.24, 2.45) is 0 Å². The summed E-state index contributed by atoms with van der Waals surface area (Å²) in [6.45, 7) is 0.303. The molecule has 0 rings (SSSR count). The molecule has 0 bridgehead atoms. The number of unbranched alkanes of at least 4 members (excludes halogenated alkanes) is 1. The van der Waals surface area contributed by atoms with Crippen LogP contribution in [0.15, 0.2) is 0 Å². The molecule has 0 saturated heterocycles. The minimum atomic E-state index is -0.825. The number of carboxylic acids is 1. The van der Waals surface area contributed by atoms with Gasteiger partial charge in [-0.1, -0.05) is 5.92 Å². The van der Waals surface area contributed by atoms with Gasteiger partial charge in [0.1, 0.15) is 0 Å². The summed E-state index contributed by atoms with van der Waals surface area (Å²) in [7, 11) is 1.64. The van der Waals surface area contributed by atoms with E-state index in [0.717, 1.165) is 0 Å². The average molecular weight is 197 g/mol. The van der Waals surface area contributed by atoms with E-state index in [1.807, 2.05) is 0 Å². The first-order valence-corrected chi connectivity index (χ1v) is 4.47. The van der Waals surface area contributed by atoms with Crippen LogP contribution in [0.2, 0.25) is 0 Å². The standard InChI is InChI=1S/C10H15NO3/c1-3-8-11(2)9(12)6-4-5-7-10(13)14/h1H,4-8H2,2H3,(H,13,14). The van der Waals surface area contributed by atoms with Gasteiger partial charge in [-0.05, 0) is 12.8 Å². The quantitative estimate of drug-likeness (QED) is 0.504. The number of terminal acetylenes is 1. The van der Waals surface area contributed by atoms with Crippen LogP contribution >= 0.6 is 0 Å². The Kier molecular flexibility index (Phi) is 6.21. The summed E-state index contributed by atoms with van der Waals surface area (Å²) in [6.07, 6.45) is 6.65. The molecule has 0 radical (unpaired) electrons. The number of carboxylic acid groups (broad SMARTS) is 1. The molecular formula is C10H15NO3. The van der Waals surface area contributed by atoms with Crippen molar-refractivity contribution in [3.63, 3.8) is 0 Å². The molecule has 0 aromatic rings. The van der Waals surface area contributed by atoms with E-state index in [1.54, 1.807) is 7.05 Å². The van der Waals surface area contributed by atoms with E-state index in [4.69, 9.17) is 11.5 Å². The zero-order valence-electron chi connectivity index (χ0n) is 8.32. The Bertz CT molecular complexity index is 242. The first-order chi connectivity index (χ1) is 6.57. The lowest BCUT2D eigenvalue weighted by atomic mass is 10.2. The maximum atomic E-state index is 11.3. The summed E-state index contributed by atoms with van der Waals surface area (Å²) in [6, 6.07) is 0. The lowest BCUT2D eigenvalue weighted by Crippen LogP contribution is -2.26. The summed E-state index contributed by atoms with van der Waals surface area (Å²) in [5.41, 5.74) is 0. The minimum absolute atomic E-state index is 0.0339. The second-order valence-corrected chi connectivity index (χ2v) is 3.05. The molecule has 0 aromatic heterocycles. The molecule has 0 saturated carbocycles. The van der Waals surface area contributed by atoms with Crippen molar-refractivity contribution in [3.05, 3.63) is 0 Å². The van der Waals surface area contributed by atoms with E-state index in [0.29, 0.717) is 25.8 Å². The van der Waals surface area contributed by atoms with Gasteiger partial charge in [-0.25, -0.2) is 0 Å². The van der Waals surface area contributed by atoms with Gasteiger partial charge in [-0.3, -0.25) is 9.59 Å². The lowest BCUT2D eigenvalue weighted by Gasteiger charge is -2.12. The summed E-state index contributed by atoms with van der Waals surface area (Å²) in [4.78, 5) is 22.9. The smallest absolute Gasteiger partial charge is 0.303 e. The Labute approximate surface area is 83.9 Å². The number of nitrogens with zero attached hydrogens (tertiary/aromatic N) is 1. The number of rotatable bonds is 6. The van der Waals surface area contributed by atoms with Crippen molar-refractivity contribution in [2.75, 3.05) is 13.6 Å². The highest BCUT2D eigenvalue weighted by Crippen LogP contribution is 2.02. The molecule has 4 heteroatoms. The normalized spacial score (nSPS) is 9.14. The molecule has 0 aliphatic carbocycles. The van der Waals surface area contributed by atoms with Gasteiger partial charge in [-0.15, -0.1) is 6.42 Å². The van der Waals surface area contributed by atoms with Crippen LogP contribution in [0.3, 0.4) is 0 Å². The number of amides is 1. The van der Waals surface area contributed by atoms with Crippen molar-refractivity contribution in [1.29, 1.82) is 0 Å². The molecule has 1 amide bonds. The average Bonchev–Trinajstić information content (AvgIpc) is 2.12. The summed E-state index contributed by atoms with van der Waals surface area (Å²) >= 11 is 0. The van der Waals surface area contributed by atoms with E-state index in [-0.39, 0.29) is 12.3 Å². The maximum Gasteiger partial charge on any atom is 0.303 e. The van der Waals surface area contributed by atoms with Crippen LogP contribution in [-0.4, -0.2) is 35.5 Å². The molecule has 0 heterocycles. The Balaban J connectivity index is 3.54. The molecular weight excluding hydrogens is 182 g/mol. The van der Waals surface area contributed by atoms with Crippen LogP contribution in [-0.2, 0) is 9.59 Å². The second-order valence-electron chi connectivity index (χ2n) is 3.05. The van der Waals surface area contributed by atoms with Gasteiger partial charge in [-0.2, -0.15) is 0 Å². The predicted molar refractivity (Wildman–Crippen MR) is 52.6 cm³/mol. The molecule has 14 heavy (non-hydrogen) atoms. The van der Waals surface area contributed by atoms with Gasteiger partial charge < -0.3 is 10.0 Å². The highest BCUT2D eigenvalue weighted by molar-refractivity contribution is 5.76. The molecule has 0 aliphatic heterocycles. The van der Waals surface area contributed by atoms with Gasteiger partial charge in [0.25, 0.3) is 0 Å². The number of aliphatic carboxylic acids is 1. The third-order valence-corrected chi connectivity index (χ3v) is 1.79. The van der Waals surface area contributed by atoms with E-state index in [9.17, 15) is 9.59 Å². The van der Waals surface area contributed by atoms with Crippen molar-refractivity contribution >= 4 is 11.9 Å². The highest BCUT2D eigenvalue weighted by Gasteiger charge is 2.06. The van der Waals surface area contributed by atoms with Crippen LogP contribution in [0.4, 0.5) is 0 Å². The molecule has 78 valence electrons. The van der Waals surface area contributed by atoms with E-state index < -0.39 is 5.97 Å². The maximum absolute atomic E-state index is 11.3. The molecule has 0 unspecified atom stereocenters. The van der Waals surface area contributed by atoms with Crippen LogP contribution in [0.5, 0.6) is 0 Å². The molecule has 0 fully saturated rings. The fourth-order valence-electron chi connectivity index (χ4n) is 0.968. The number of hydrogen-bond acceptors (Lipinski definition) is 2. The predicted octanol–water partition coefficient (Wildman–Crippen LogP) is 0.723. The van der Waals surface area contributed by atoms with Crippen molar-refractivity contribution in [1.82, 2.24) is 4.90 Å². The third-order valence-electron chi connectivity index (χ3n) is 1.79. The van der Waals surface area contributed by atoms with E-state index in [2.05, 4.69) is 5.92 Å². The molecule has 0 atom stereocenters. The number of carbonyl (C=O) groups excluding carboxylic acids is 1. The molecule has 1 N–H and O–H groups in total. The minimum Gasteiger partial charge on any atom is -0.481 e. The van der Waals surface area contributed by atoms with Crippen molar-refractivity contribution in [3.8, 4) is 12.3 Å². The monoisotopic (exact) mass is 197 g/mol. The van der Waals surface area contributed by atoms with Crippen LogP contribution in [0.25, 0.3) is 0 Å². The summed E-state index contributed by atoms with van der Waals surface area (Å²) in [5.74, 6) is 1.51. The van der Waals surface area contributed by atoms with Crippen LogP contribution in [0.1, 0.15) is 25.7 Å². The Hall–Kier alpha value is -1.50. The zero-order valence-corrected chi connectivity index (χ0v) is 8.32. The zero-order chi connectivity index (χ0) is 11.0. The second kappa shape index (κ2) is 6.96. The van der Waals surface area contributed by atoms with Gasteiger partial charge in [0, 0.05) is 19.9 Å². The van der Waals surface area contributed by atoms with Crippen LogP contribution in [0, 0.1) is 12.3 Å². The molecule has 0 aromatic carbocycles. The van der Waals surface area contributed by atoms with Crippen molar-refractivity contribution < 1.29 is 14.7 Å². The first-order valence-electron chi connectivity index (χ1n) is 4.47. The topological polar surface area (TPSA) is 57.6 Å². The summed E-state index contributed by atoms with van der Waals surface area (Å²) in [5, 5.41) is 8.35. The largest absolute Gasteiger partial charge is 0.481 e. The van der Waals surface area contributed by atoms with Gasteiger partial charge in [0.05, 0.1) is 6.54 Å². The van der Waals surface area contributed by atoms with Gasteiger partial charge >= 0.3 is 5.97 Å². The SMILES string of the molecule is C#CCN(C)C(=O)CCCCC(=O)O. The van der Waals surface area contributed by atoms with Crippen molar-refractivity contribution in [2.45, 2.75) is 25.7 Å². The Morgan fingerprint density at radius 2 is 1.93 bits per heavy atom. The fourth-order valence-corrected chi connectivity index (χ4v) is 0.968. The Morgan fingerprint density at radius 1 is 1.36 bits per heavy atom. The molecule has 0 aliphatic rings. The Morgan fingerprint density at radius 3 is 2.43 bits per heavy atom. The highest BCUT2D eigenvalue weighted by atomic mass is 16.4. The molecule has 0 spiro atoms. The van der Waals surface area contributed by atoms with E-state index in [1.165, 1.54) is 4.90 Å². The summed E-state index contributed by atoms with van der Waals surface area (Å²) < 4.78 is 0. The third kappa shape index (κ3) is 6.06. The first kappa shape index (κ1) is 12.5.